The molecule has 0 amide bonds. The lowest BCUT2D eigenvalue weighted by molar-refractivity contribution is -0.0515. The van der Waals surface area contributed by atoms with Crippen LogP contribution in [0.15, 0.2) is 0 Å². The van der Waals surface area contributed by atoms with E-state index in [1.165, 1.54) is 6.42 Å². The fraction of sp³-hybridized carbons (Fsp3) is 0.714. The standard InChI is InChI=1S/C14H24N4O/c1-4-11-10(2)16-13(17-12(11)18-15)14(19-3)8-6-5-7-9-14/h4-9,15H2,1-3H3,(H,16,17,18). The summed E-state index contributed by atoms with van der Waals surface area (Å²) in [7, 11) is 1.76. The summed E-state index contributed by atoms with van der Waals surface area (Å²) in [5.41, 5.74) is 4.43. The third-order valence-electron chi connectivity index (χ3n) is 4.16. The van der Waals surface area contributed by atoms with E-state index in [9.17, 15) is 0 Å². The van der Waals surface area contributed by atoms with E-state index >= 15 is 0 Å². The maximum atomic E-state index is 5.80. The lowest BCUT2D eigenvalue weighted by Gasteiger charge is -2.35. The molecule has 0 aromatic carbocycles. The van der Waals surface area contributed by atoms with Gasteiger partial charge in [-0.2, -0.15) is 0 Å². The molecule has 1 saturated carbocycles. The predicted molar refractivity (Wildman–Crippen MR) is 75.7 cm³/mol. The maximum absolute atomic E-state index is 5.80. The Kier molecular flexibility index (Phi) is 4.37. The number of aromatic nitrogens is 2. The van der Waals surface area contributed by atoms with Gasteiger partial charge in [-0.1, -0.05) is 26.2 Å². The highest BCUT2D eigenvalue weighted by molar-refractivity contribution is 5.46. The molecule has 0 spiro atoms. The van der Waals surface area contributed by atoms with Crippen LogP contribution in [0.1, 0.15) is 56.1 Å². The molecule has 3 N–H and O–H groups in total. The zero-order valence-corrected chi connectivity index (χ0v) is 12.1. The third-order valence-corrected chi connectivity index (χ3v) is 4.16. The van der Waals surface area contributed by atoms with Gasteiger partial charge in [-0.15, -0.1) is 0 Å². The largest absolute Gasteiger partial charge is 0.370 e. The highest BCUT2D eigenvalue weighted by Crippen LogP contribution is 2.39. The molecule has 5 heteroatoms. The monoisotopic (exact) mass is 264 g/mol. The van der Waals surface area contributed by atoms with Crippen LogP contribution in [-0.4, -0.2) is 17.1 Å². The second-order valence-corrected chi connectivity index (χ2v) is 5.22. The van der Waals surface area contributed by atoms with Gasteiger partial charge in [0.2, 0.25) is 0 Å². The van der Waals surface area contributed by atoms with Crippen molar-refractivity contribution in [2.45, 2.75) is 58.0 Å². The zero-order valence-electron chi connectivity index (χ0n) is 12.1. The summed E-state index contributed by atoms with van der Waals surface area (Å²) in [6.07, 6.45) is 6.43. The van der Waals surface area contributed by atoms with Crippen LogP contribution in [0.5, 0.6) is 0 Å². The Hall–Kier alpha value is -1.20. The van der Waals surface area contributed by atoms with Crippen molar-refractivity contribution in [3.8, 4) is 0 Å². The van der Waals surface area contributed by atoms with Crippen LogP contribution in [0.4, 0.5) is 5.82 Å². The molecule has 1 aliphatic rings. The molecule has 1 aliphatic carbocycles. The number of methoxy groups -OCH3 is 1. The van der Waals surface area contributed by atoms with Gasteiger partial charge >= 0.3 is 0 Å². The van der Waals surface area contributed by atoms with Crippen LogP contribution in [-0.2, 0) is 16.8 Å². The first-order valence-electron chi connectivity index (χ1n) is 7.06. The summed E-state index contributed by atoms with van der Waals surface area (Å²) >= 11 is 0. The molecule has 1 fully saturated rings. The van der Waals surface area contributed by atoms with Crippen LogP contribution in [0, 0.1) is 6.92 Å². The number of hydrogen-bond donors (Lipinski definition) is 2. The highest BCUT2D eigenvalue weighted by Gasteiger charge is 2.37. The minimum absolute atomic E-state index is 0.332. The van der Waals surface area contributed by atoms with Crippen molar-refractivity contribution in [2.24, 2.45) is 5.84 Å². The van der Waals surface area contributed by atoms with Gasteiger partial charge in [0.25, 0.3) is 0 Å². The Balaban J connectivity index is 2.46. The molecule has 0 saturated heterocycles. The summed E-state index contributed by atoms with van der Waals surface area (Å²) in [5, 5.41) is 0. The SMILES string of the molecule is CCc1c(C)nc(C2(OC)CCCCC2)nc1NN. The number of hydrazine groups is 1. The Morgan fingerprint density at radius 1 is 1.26 bits per heavy atom. The first kappa shape index (κ1) is 14.2. The van der Waals surface area contributed by atoms with Gasteiger partial charge in [-0.25, -0.2) is 15.8 Å². The summed E-state index contributed by atoms with van der Waals surface area (Å²) in [5.74, 6) is 7.10. The average molecular weight is 264 g/mol. The molecule has 1 aromatic rings. The number of rotatable bonds is 4. The molecule has 106 valence electrons. The second-order valence-electron chi connectivity index (χ2n) is 5.22. The summed E-state index contributed by atoms with van der Waals surface area (Å²) in [6.45, 7) is 4.09. The first-order valence-corrected chi connectivity index (χ1v) is 7.06. The molecule has 0 atom stereocenters. The van der Waals surface area contributed by atoms with Gasteiger partial charge in [-0.3, -0.25) is 0 Å². The normalized spacial score (nSPS) is 18.3. The van der Waals surface area contributed by atoms with Gasteiger partial charge < -0.3 is 10.2 Å². The lowest BCUT2D eigenvalue weighted by atomic mass is 9.83. The van der Waals surface area contributed by atoms with Crippen LogP contribution in [0.2, 0.25) is 0 Å². The average Bonchev–Trinajstić information content (AvgIpc) is 2.47. The van der Waals surface area contributed by atoms with Gasteiger partial charge in [0.05, 0.1) is 0 Å². The number of nitrogens with two attached hydrogens (primary N) is 1. The number of hydrogen-bond acceptors (Lipinski definition) is 5. The Labute approximate surface area is 114 Å². The second kappa shape index (κ2) is 5.84. The molecule has 5 nitrogen and oxygen atoms in total. The molecular formula is C14H24N4O. The number of nitrogen functional groups attached to an aromatic ring is 1. The van der Waals surface area contributed by atoms with Crippen molar-refractivity contribution in [1.82, 2.24) is 9.97 Å². The molecule has 0 bridgehead atoms. The van der Waals surface area contributed by atoms with Crippen molar-refractivity contribution in [3.05, 3.63) is 17.1 Å². The number of ether oxygens (including phenoxy) is 1. The molecule has 19 heavy (non-hydrogen) atoms. The van der Waals surface area contributed by atoms with Crippen molar-refractivity contribution in [3.63, 3.8) is 0 Å². The summed E-state index contributed by atoms with van der Waals surface area (Å²) < 4.78 is 5.80. The Morgan fingerprint density at radius 2 is 1.95 bits per heavy atom. The van der Waals surface area contributed by atoms with Crippen molar-refractivity contribution >= 4 is 5.82 Å². The third kappa shape index (κ3) is 2.58. The number of nitrogens with one attached hydrogen (secondary N) is 1. The predicted octanol–water partition coefficient (Wildman–Crippen LogP) is 2.44. The van der Waals surface area contributed by atoms with E-state index in [0.29, 0.717) is 0 Å². The minimum Gasteiger partial charge on any atom is -0.370 e. The fourth-order valence-electron chi connectivity index (χ4n) is 2.98. The van der Waals surface area contributed by atoms with Crippen LogP contribution < -0.4 is 11.3 Å². The lowest BCUT2D eigenvalue weighted by Crippen LogP contribution is -2.34. The van der Waals surface area contributed by atoms with Crippen molar-refractivity contribution < 1.29 is 4.74 Å². The van der Waals surface area contributed by atoms with Gasteiger partial charge in [0, 0.05) is 18.4 Å². The van der Waals surface area contributed by atoms with E-state index in [4.69, 9.17) is 10.6 Å². The molecule has 1 aromatic heterocycles. The van der Waals surface area contributed by atoms with Crippen molar-refractivity contribution in [1.29, 1.82) is 0 Å². The number of aryl methyl sites for hydroxylation is 1. The van der Waals surface area contributed by atoms with Crippen molar-refractivity contribution in [2.75, 3.05) is 12.5 Å². The Morgan fingerprint density at radius 3 is 2.47 bits per heavy atom. The first-order chi connectivity index (χ1) is 9.16. The van der Waals surface area contributed by atoms with Gasteiger partial charge in [0.1, 0.15) is 11.4 Å². The summed E-state index contributed by atoms with van der Waals surface area (Å²) in [6, 6.07) is 0. The molecule has 2 rings (SSSR count). The van der Waals surface area contributed by atoms with E-state index in [2.05, 4.69) is 22.3 Å². The number of anilines is 1. The quantitative estimate of drug-likeness (QED) is 0.645. The van der Waals surface area contributed by atoms with Crippen LogP contribution in [0.3, 0.4) is 0 Å². The van der Waals surface area contributed by atoms with Gasteiger partial charge in [0.15, 0.2) is 5.82 Å². The molecule has 0 unspecified atom stereocenters. The smallest absolute Gasteiger partial charge is 0.162 e. The fourth-order valence-corrected chi connectivity index (χ4v) is 2.98. The number of nitrogens with zero attached hydrogens (tertiary/aromatic N) is 2. The van der Waals surface area contributed by atoms with E-state index in [1.807, 2.05) is 6.92 Å². The molecule has 1 heterocycles. The van der Waals surface area contributed by atoms with E-state index in [1.54, 1.807) is 7.11 Å². The molecule has 0 aliphatic heterocycles. The molecule has 0 radical (unpaired) electrons. The zero-order chi connectivity index (χ0) is 13.9. The van der Waals surface area contributed by atoms with E-state index in [0.717, 1.165) is 55.0 Å². The van der Waals surface area contributed by atoms with Crippen LogP contribution in [0.25, 0.3) is 0 Å². The van der Waals surface area contributed by atoms with E-state index in [-0.39, 0.29) is 5.60 Å². The maximum Gasteiger partial charge on any atom is 0.162 e. The highest BCUT2D eigenvalue weighted by atomic mass is 16.5. The topological polar surface area (TPSA) is 73.1 Å². The Bertz CT molecular complexity index is 441. The van der Waals surface area contributed by atoms with Gasteiger partial charge in [-0.05, 0) is 26.2 Å². The van der Waals surface area contributed by atoms with E-state index < -0.39 is 0 Å². The minimum atomic E-state index is -0.332. The van der Waals surface area contributed by atoms with Crippen LogP contribution >= 0.6 is 0 Å². The molecular weight excluding hydrogens is 240 g/mol. The summed E-state index contributed by atoms with van der Waals surface area (Å²) in [4.78, 5) is 9.30.